The number of ether oxygens (including phenoxy) is 1. The van der Waals surface area contributed by atoms with E-state index in [1.807, 2.05) is 6.92 Å². The normalized spacial score (nSPS) is 11.6. The van der Waals surface area contributed by atoms with Gasteiger partial charge in [0.05, 0.1) is 5.56 Å². The van der Waals surface area contributed by atoms with Gasteiger partial charge in [0.15, 0.2) is 0 Å². The fraction of sp³-hybridized carbons (Fsp3) is 0.222. The fourth-order valence-electron chi connectivity index (χ4n) is 2.06. The molecule has 0 bridgehead atoms. The molecular weight excluding hydrogens is 308 g/mol. The van der Waals surface area contributed by atoms with Gasteiger partial charge < -0.3 is 20.5 Å². The number of carbonyl (C=O) groups excluding carboxylic acids is 2. The average molecular weight is 328 g/mol. The minimum Gasteiger partial charge on any atom is -0.507 e. The molecule has 0 heterocycles. The lowest BCUT2D eigenvalue weighted by molar-refractivity contribution is -0.124. The molecule has 126 valence electrons. The second-order valence-corrected chi connectivity index (χ2v) is 5.42. The van der Waals surface area contributed by atoms with Crippen LogP contribution in [0.4, 0.5) is 11.4 Å². The van der Waals surface area contributed by atoms with Crippen molar-refractivity contribution in [3.63, 3.8) is 0 Å². The molecule has 0 aliphatic heterocycles. The first-order valence-electron chi connectivity index (χ1n) is 7.45. The van der Waals surface area contributed by atoms with Crippen molar-refractivity contribution in [1.82, 2.24) is 0 Å². The minimum absolute atomic E-state index is 0.0866. The van der Waals surface area contributed by atoms with E-state index >= 15 is 0 Å². The van der Waals surface area contributed by atoms with Crippen LogP contribution in [-0.4, -0.2) is 30.1 Å². The van der Waals surface area contributed by atoms with Gasteiger partial charge in [-0.3, -0.25) is 9.59 Å². The quantitative estimate of drug-likeness (QED) is 0.787. The van der Waals surface area contributed by atoms with Crippen LogP contribution in [0.1, 0.15) is 22.8 Å². The molecule has 0 fully saturated rings. The van der Waals surface area contributed by atoms with Crippen LogP contribution in [0.3, 0.4) is 0 Å². The van der Waals surface area contributed by atoms with Gasteiger partial charge in [-0.25, -0.2) is 0 Å². The van der Waals surface area contributed by atoms with Crippen LogP contribution in [0, 0.1) is 6.92 Å². The molecule has 0 saturated heterocycles. The molecule has 0 aliphatic rings. The smallest absolute Gasteiger partial charge is 0.259 e. The molecule has 6 heteroatoms. The number of phenols is 1. The highest BCUT2D eigenvalue weighted by atomic mass is 16.5. The Hall–Kier alpha value is -2.86. The van der Waals surface area contributed by atoms with Crippen LogP contribution in [0.2, 0.25) is 0 Å². The van der Waals surface area contributed by atoms with Gasteiger partial charge >= 0.3 is 0 Å². The lowest BCUT2D eigenvalue weighted by atomic mass is 10.1. The van der Waals surface area contributed by atoms with E-state index in [1.165, 1.54) is 13.2 Å². The van der Waals surface area contributed by atoms with Crippen LogP contribution >= 0.6 is 0 Å². The lowest BCUT2D eigenvalue weighted by Crippen LogP contribution is -2.26. The number of anilines is 2. The second-order valence-electron chi connectivity index (χ2n) is 5.42. The summed E-state index contributed by atoms with van der Waals surface area (Å²) in [6.45, 7) is 3.48. The van der Waals surface area contributed by atoms with Crippen LogP contribution in [0.15, 0.2) is 42.5 Å². The van der Waals surface area contributed by atoms with Gasteiger partial charge in [0.1, 0.15) is 11.9 Å². The summed E-state index contributed by atoms with van der Waals surface area (Å²) in [6, 6.07) is 11.5. The summed E-state index contributed by atoms with van der Waals surface area (Å²) < 4.78 is 4.95. The zero-order valence-electron chi connectivity index (χ0n) is 13.8. The Kier molecular flexibility index (Phi) is 5.55. The first-order chi connectivity index (χ1) is 11.4. The van der Waals surface area contributed by atoms with Gasteiger partial charge in [0.2, 0.25) is 0 Å². The van der Waals surface area contributed by atoms with Crippen LogP contribution < -0.4 is 10.6 Å². The van der Waals surface area contributed by atoms with Crippen molar-refractivity contribution in [1.29, 1.82) is 0 Å². The van der Waals surface area contributed by atoms with Gasteiger partial charge in [-0.2, -0.15) is 0 Å². The Bertz CT molecular complexity index is 758. The Morgan fingerprint density at radius 2 is 1.75 bits per heavy atom. The summed E-state index contributed by atoms with van der Waals surface area (Å²) in [5, 5.41) is 15.2. The number of phenolic OH excluding ortho intramolecular Hbond substituents is 1. The highest BCUT2D eigenvalue weighted by Crippen LogP contribution is 2.21. The topological polar surface area (TPSA) is 87.7 Å². The summed E-state index contributed by atoms with van der Waals surface area (Å²) in [7, 11) is 1.45. The van der Waals surface area contributed by atoms with Crippen molar-refractivity contribution < 1.29 is 19.4 Å². The first kappa shape index (κ1) is 17.5. The molecule has 2 aromatic rings. The molecule has 2 rings (SSSR count). The maximum Gasteiger partial charge on any atom is 0.259 e. The monoisotopic (exact) mass is 328 g/mol. The van der Waals surface area contributed by atoms with Crippen LogP contribution in [0.5, 0.6) is 5.75 Å². The third-order valence-corrected chi connectivity index (χ3v) is 3.51. The zero-order valence-corrected chi connectivity index (χ0v) is 13.8. The van der Waals surface area contributed by atoms with E-state index < -0.39 is 12.0 Å². The lowest BCUT2D eigenvalue weighted by Gasteiger charge is -2.12. The molecule has 2 amide bonds. The molecule has 0 saturated carbocycles. The van der Waals surface area contributed by atoms with Crippen LogP contribution in [-0.2, 0) is 9.53 Å². The number of carbonyl (C=O) groups is 2. The predicted molar refractivity (Wildman–Crippen MR) is 92.3 cm³/mol. The third kappa shape index (κ3) is 4.33. The van der Waals surface area contributed by atoms with Gasteiger partial charge in [0, 0.05) is 18.5 Å². The maximum atomic E-state index is 12.3. The van der Waals surface area contributed by atoms with Crippen molar-refractivity contribution in [3.8, 4) is 5.75 Å². The van der Waals surface area contributed by atoms with Gasteiger partial charge in [0.25, 0.3) is 11.8 Å². The Labute approximate surface area is 140 Å². The van der Waals surface area contributed by atoms with Crippen molar-refractivity contribution in [2.75, 3.05) is 17.7 Å². The molecular formula is C18H20N2O4. The molecule has 6 nitrogen and oxygen atoms in total. The summed E-state index contributed by atoms with van der Waals surface area (Å²) in [5.41, 5.74) is 2.10. The largest absolute Gasteiger partial charge is 0.507 e. The van der Waals surface area contributed by atoms with E-state index in [1.54, 1.807) is 43.3 Å². The summed E-state index contributed by atoms with van der Waals surface area (Å²) in [4.78, 5) is 24.1. The molecule has 0 spiro atoms. The highest BCUT2D eigenvalue weighted by molar-refractivity contribution is 6.06. The molecule has 2 aromatic carbocycles. The van der Waals surface area contributed by atoms with Crippen LogP contribution in [0.25, 0.3) is 0 Å². The van der Waals surface area contributed by atoms with Crippen molar-refractivity contribution in [2.24, 2.45) is 0 Å². The molecule has 0 radical (unpaired) electrons. The molecule has 0 unspecified atom stereocenters. The molecule has 0 aromatic heterocycles. The zero-order chi connectivity index (χ0) is 17.7. The standard InChI is InChI=1S/C18H20N2O4/c1-11-7-8-16(21)15(9-11)18(23)20-14-6-4-5-13(10-14)19-17(22)12(2)24-3/h4-10,12,21H,1-3H3,(H,19,22)(H,20,23)/t12-/m1/s1. The average Bonchev–Trinajstić information content (AvgIpc) is 2.56. The Balaban J connectivity index is 2.13. The Morgan fingerprint density at radius 1 is 1.08 bits per heavy atom. The number of aryl methyl sites for hydroxylation is 1. The predicted octanol–water partition coefficient (Wildman–Crippen LogP) is 2.93. The third-order valence-electron chi connectivity index (χ3n) is 3.51. The molecule has 24 heavy (non-hydrogen) atoms. The van der Waals surface area contributed by atoms with Crippen molar-refractivity contribution >= 4 is 23.2 Å². The number of aromatic hydroxyl groups is 1. The minimum atomic E-state index is -0.576. The number of amides is 2. The number of nitrogens with one attached hydrogen (secondary N) is 2. The SMILES string of the molecule is CO[C@H](C)C(=O)Nc1cccc(NC(=O)c2cc(C)ccc2O)c1. The summed E-state index contributed by atoms with van der Waals surface area (Å²) >= 11 is 0. The summed E-state index contributed by atoms with van der Waals surface area (Å²) in [6.07, 6.45) is -0.576. The summed E-state index contributed by atoms with van der Waals surface area (Å²) in [5.74, 6) is -0.793. The van der Waals surface area contributed by atoms with E-state index in [0.29, 0.717) is 11.4 Å². The second kappa shape index (κ2) is 7.61. The first-order valence-corrected chi connectivity index (χ1v) is 7.45. The molecule has 1 atom stereocenters. The number of methoxy groups -OCH3 is 1. The van der Waals surface area contributed by atoms with E-state index in [2.05, 4.69) is 10.6 Å². The van der Waals surface area contributed by atoms with Gasteiger partial charge in [-0.1, -0.05) is 17.7 Å². The Morgan fingerprint density at radius 3 is 2.42 bits per heavy atom. The fourth-order valence-corrected chi connectivity index (χ4v) is 2.06. The van der Waals surface area contributed by atoms with Gasteiger partial charge in [-0.15, -0.1) is 0 Å². The number of hydrogen-bond donors (Lipinski definition) is 3. The van der Waals surface area contributed by atoms with E-state index in [9.17, 15) is 14.7 Å². The number of benzene rings is 2. The number of hydrogen-bond acceptors (Lipinski definition) is 4. The van der Waals surface area contributed by atoms with Crippen molar-refractivity contribution in [3.05, 3.63) is 53.6 Å². The highest BCUT2D eigenvalue weighted by Gasteiger charge is 2.14. The molecule has 0 aliphatic carbocycles. The van der Waals surface area contributed by atoms with E-state index in [4.69, 9.17) is 4.74 Å². The maximum absolute atomic E-state index is 12.3. The van der Waals surface area contributed by atoms with Crippen molar-refractivity contribution in [2.45, 2.75) is 20.0 Å². The molecule has 3 N–H and O–H groups in total. The van der Waals surface area contributed by atoms with Gasteiger partial charge in [-0.05, 0) is 44.2 Å². The van der Waals surface area contributed by atoms with E-state index in [-0.39, 0.29) is 17.2 Å². The number of rotatable bonds is 5. The van der Waals surface area contributed by atoms with E-state index in [0.717, 1.165) is 5.56 Å².